The standard InChI is InChI=1S/C26H26O6/c1-25(2,17-9-11-21(27)19(13-17)23(29)30)15-5-7-16(8-6-15)26(3,4)18-10-12-22(28)20(14-18)24(31)32/h5-14,27-28H,1-4H3,(H,29,30)(H,31,32). The second-order valence-corrected chi connectivity index (χ2v) is 8.90. The van der Waals surface area contributed by atoms with Crippen LogP contribution in [0.25, 0.3) is 0 Å². The maximum absolute atomic E-state index is 11.4. The molecule has 0 unspecified atom stereocenters. The van der Waals surface area contributed by atoms with Gasteiger partial charge in [0.2, 0.25) is 0 Å². The Kier molecular flexibility index (Phi) is 5.75. The topological polar surface area (TPSA) is 115 Å². The molecule has 0 fully saturated rings. The van der Waals surface area contributed by atoms with Gasteiger partial charge in [0.1, 0.15) is 22.6 Å². The van der Waals surface area contributed by atoms with Crippen LogP contribution in [-0.4, -0.2) is 32.4 Å². The van der Waals surface area contributed by atoms with Crippen LogP contribution in [0.4, 0.5) is 0 Å². The Labute approximate surface area is 186 Å². The first-order chi connectivity index (χ1) is 14.9. The molecule has 0 radical (unpaired) electrons. The zero-order chi connectivity index (χ0) is 23.8. The molecule has 0 aliphatic carbocycles. The fraction of sp³-hybridized carbons (Fsp3) is 0.231. The lowest BCUT2D eigenvalue weighted by molar-refractivity contribution is 0.0682. The normalized spacial score (nSPS) is 11.9. The van der Waals surface area contributed by atoms with E-state index in [-0.39, 0.29) is 22.6 Å². The van der Waals surface area contributed by atoms with E-state index in [0.717, 1.165) is 22.3 Å². The van der Waals surface area contributed by atoms with E-state index in [0.29, 0.717) is 0 Å². The Hall–Kier alpha value is -3.80. The molecule has 0 bridgehead atoms. The third-order valence-corrected chi connectivity index (χ3v) is 6.23. The van der Waals surface area contributed by atoms with Crippen molar-refractivity contribution < 1.29 is 30.0 Å². The molecule has 0 spiro atoms. The van der Waals surface area contributed by atoms with Crippen molar-refractivity contribution in [1.82, 2.24) is 0 Å². The lowest BCUT2D eigenvalue weighted by atomic mass is 9.74. The van der Waals surface area contributed by atoms with E-state index in [1.165, 1.54) is 24.3 Å². The highest BCUT2D eigenvalue weighted by Crippen LogP contribution is 2.37. The van der Waals surface area contributed by atoms with Gasteiger partial charge in [-0.25, -0.2) is 9.59 Å². The molecule has 0 heterocycles. The predicted octanol–water partition coefficient (Wildman–Crippen LogP) is 5.15. The largest absolute Gasteiger partial charge is 0.507 e. The molecule has 3 rings (SSSR count). The molecular weight excluding hydrogens is 408 g/mol. The molecule has 6 nitrogen and oxygen atoms in total. The Morgan fingerprint density at radius 2 is 0.844 bits per heavy atom. The number of hydrogen-bond acceptors (Lipinski definition) is 4. The van der Waals surface area contributed by atoms with Gasteiger partial charge in [0.05, 0.1) is 0 Å². The monoisotopic (exact) mass is 434 g/mol. The summed E-state index contributed by atoms with van der Waals surface area (Å²) in [5.74, 6) is -2.92. The van der Waals surface area contributed by atoms with Crippen LogP contribution >= 0.6 is 0 Å². The highest BCUT2D eigenvalue weighted by Gasteiger charge is 2.28. The molecule has 0 aromatic heterocycles. The summed E-state index contributed by atoms with van der Waals surface area (Å²) >= 11 is 0. The van der Waals surface area contributed by atoms with Gasteiger partial charge in [0.25, 0.3) is 0 Å². The van der Waals surface area contributed by atoms with E-state index in [1.54, 1.807) is 12.1 Å². The highest BCUT2D eigenvalue weighted by molar-refractivity contribution is 5.91. The molecule has 0 amide bonds. The SMILES string of the molecule is CC(C)(c1ccc(C(C)(C)c2ccc(O)c(C(=O)O)c2)cc1)c1ccc(O)c(C(=O)O)c1. The summed E-state index contributed by atoms with van der Waals surface area (Å²) in [4.78, 5) is 22.8. The first kappa shape index (κ1) is 22.9. The summed E-state index contributed by atoms with van der Waals surface area (Å²) in [6, 6.07) is 17.0. The zero-order valence-electron chi connectivity index (χ0n) is 18.4. The Bertz CT molecular complexity index is 1090. The van der Waals surface area contributed by atoms with Crippen LogP contribution in [0.2, 0.25) is 0 Å². The summed E-state index contributed by atoms with van der Waals surface area (Å²) < 4.78 is 0. The first-order valence-corrected chi connectivity index (χ1v) is 10.1. The molecule has 3 aromatic carbocycles. The maximum Gasteiger partial charge on any atom is 0.339 e. The first-order valence-electron chi connectivity index (χ1n) is 10.1. The minimum Gasteiger partial charge on any atom is -0.507 e. The lowest BCUT2D eigenvalue weighted by Gasteiger charge is -2.30. The van der Waals surface area contributed by atoms with Gasteiger partial charge in [-0.15, -0.1) is 0 Å². The fourth-order valence-electron chi connectivity index (χ4n) is 3.83. The molecule has 4 N–H and O–H groups in total. The number of carboxylic acid groups (broad SMARTS) is 2. The van der Waals surface area contributed by atoms with Gasteiger partial charge in [-0.05, 0) is 46.5 Å². The molecule has 0 atom stereocenters. The van der Waals surface area contributed by atoms with Crippen LogP contribution in [0.15, 0.2) is 60.7 Å². The van der Waals surface area contributed by atoms with E-state index in [4.69, 9.17) is 0 Å². The third-order valence-electron chi connectivity index (χ3n) is 6.23. The van der Waals surface area contributed by atoms with Crippen LogP contribution in [-0.2, 0) is 10.8 Å². The number of phenols is 2. The Morgan fingerprint density at radius 3 is 1.12 bits per heavy atom. The fourth-order valence-corrected chi connectivity index (χ4v) is 3.83. The Balaban J connectivity index is 1.98. The van der Waals surface area contributed by atoms with Crippen molar-refractivity contribution >= 4 is 11.9 Å². The van der Waals surface area contributed by atoms with Crippen molar-refractivity contribution in [3.8, 4) is 11.5 Å². The van der Waals surface area contributed by atoms with Crippen LogP contribution in [0, 0.1) is 0 Å². The number of benzene rings is 3. The number of aromatic carboxylic acids is 2. The molecule has 6 heteroatoms. The highest BCUT2D eigenvalue weighted by atomic mass is 16.4. The molecule has 0 saturated heterocycles. The minimum absolute atomic E-state index is 0.144. The molecule has 0 aliphatic rings. The van der Waals surface area contributed by atoms with E-state index >= 15 is 0 Å². The predicted molar refractivity (Wildman–Crippen MR) is 121 cm³/mol. The van der Waals surface area contributed by atoms with E-state index < -0.39 is 22.8 Å². The summed E-state index contributed by atoms with van der Waals surface area (Å²) in [6.45, 7) is 7.91. The van der Waals surface area contributed by atoms with E-state index in [9.17, 15) is 30.0 Å². The summed E-state index contributed by atoms with van der Waals surface area (Å²) in [5.41, 5.74) is 2.09. The zero-order valence-corrected chi connectivity index (χ0v) is 18.4. The summed E-state index contributed by atoms with van der Waals surface area (Å²) in [6.07, 6.45) is 0. The quantitative estimate of drug-likeness (QED) is 0.427. The number of hydrogen-bond donors (Lipinski definition) is 4. The maximum atomic E-state index is 11.4. The number of rotatable bonds is 6. The van der Waals surface area contributed by atoms with Crippen LogP contribution < -0.4 is 0 Å². The molecule has 3 aromatic rings. The molecule has 166 valence electrons. The van der Waals surface area contributed by atoms with Gasteiger partial charge in [-0.2, -0.15) is 0 Å². The number of carboxylic acids is 2. The molecule has 32 heavy (non-hydrogen) atoms. The van der Waals surface area contributed by atoms with Gasteiger partial charge in [0, 0.05) is 10.8 Å². The lowest BCUT2D eigenvalue weighted by Crippen LogP contribution is -2.22. The number of carbonyl (C=O) groups is 2. The van der Waals surface area contributed by atoms with Gasteiger partial charge in [0.15, 0.2) is 0 Å². The summed E-state index contributed by atoms with van der Waals surface area (Å²) in [5, 5.41) is 38.3. The minimum atomic E-state index is -1.19. The average Bonchev–Trinajstić information content (AvgIpc) is 2.73. The Morgan fingerprint density at radius 1 is 0.562 bits per heavy atom. The van der Waals surface area contributed by atoms with Gasteiger partial charge < -0.3 is 20.4 Å². The number of aromatic hydroxyl groups is 2. The summed E-state index contributed by atoms with van der Waals surface area (Å²) in [7, 11) is 0. The average molecular weight is 434 g/mol. The van der Waals surface area contributed by atoms with Crippen LogP contribution in [0.5, 0.6) is 11.5 Å². The van der Waals surface area contributed by atoms with Crippen LogP contribution in [0.1, 0.15) is 70.7 Å². The smallest absolute Gasteiger partial charge is 0.339 e. The molecule has 0 saturated carbocycles. The molecular formula is C26H26O6. The van der Waals surface area contributed by atoms with Crippen molar-refractivity contribution in [3.63, 3.8) is 0 Å². The van der Waals surface area contributed by atoms with Crippen molar-refractivity contribution in [3.05, 3.63) is 94.0 Å². The van der Waals surface area contributed by atoms with Crippen LogP contribution in [0.3, 0.4) is 0 Å². The third kappa shape index (κ3) is 4.04. The molecule has 0 aliphatic heterocycles. The second kappa shape index (κ2) is 8.04. The second-order valence-electron chi connectivity index (χ2n) is 8.90. The van der Waals surface area contributed by atoms with Crippen molar-refractivity contribution in [1.29, 1.82) is 0 Å². The van der Waals surface area contributed by atoms with Gasteiger partial charge in [-0.3, -0.25) is 0 Å². The van der Waals surface area contributed by atoms with E-state index in [2.05, 4.69) is 0 Å². The van der Waals surface area contributed by atoms with E-state index in [1.807, 2.05) is 52.0 Å². The van der Waals surface area contributed by atoms with Gasteiger partial charge in [-0.1, -0.05) is 64.1 Å². The van der Waals surface area contributed by atoms with Crippen molar-refractivity contribution in [2.24, 2.45) is 0 Å². The van der Waals surface area contributed by atoms with Gasteiger partial charge >= 0.3 is 11.9 Å². The van der Waals surface area contributed by atoms with Crippen molar-refractivity contribution in [2.45, 2.75) is 38.5 Å². The van der Waals surface area contributed by atoms with Crippen molar-refractivity contribution in [2.75, 3.05) is 0 Å².